The van der Waals surface area contributed by atoms with E-state index < -0.39 is 5.91 Å². The molecule has 0 aromatic carbocycles. The van der Waals surface area contributed by atoms with Crippen molar-refractivity contribution < 1.29 is 9.59 Å². The summed E-state index contributed by atoms with van der Waals surface area (Å²) in [6, 6.07) is 1.36. The molecule has 18 heavy (non-hydrogen) atoms. The van der Waals surface area contributed by atoms with Crippen LogP contribution in [0.2, 0.25) is 0 Å². The van der Waals surface area contributed by atoms with Gasteiger partial charge in [-0.15, -0.1) is 0 Å². The summed E-state index contributed by atoms with van der Waals surface area (Å²) in [5.74, 6) is -0.398. The van der Waals surface area contributed by atoms with Crippen LogP contribution in [-0.4, -0.2) is 29.4 Å². The first-order chi connectivity index (χ1) is 8.43. The Morgan fingerprint density at radius 3 is 2.56 bits per heavy atom. The van der Waals surface area contributed by atoms with E-state index in [0.29, 0.717) is 18.2 Å². The van der Waals surface area contributed by atoms with Crippen LogP contribution in [0.25, 0.3) is 0 Å². The third-order valence-corrected chi connectivity index (χ3v) is 2.59. The minimum atomic E-state index is -0.567. The molecule has 0 aliphatic rings. The Morgan fingerprint density at radius 1 is 1.44 bits per heavy atom. The molecule has 0 spiro atoms. The molecule has 1 aromatic heterocycles. The topological polar surface area (TPSA) is 114 Å². The Balaban J connectivity index is 2.65. The van der Waals surface area contributed by atoms with Gasteiger partial charge in [0, 0.05) is 18.8 Å². The quantitative estimate of drug-likeness (QED) is 0.580. The number of hydrogen-bond acceptors (Lipinski definition) is 3. The number of aromatic nitrogens is 1. The lowest BCUT2D eigenvalue weighted by Crippen LogP contribution is -2.41. The van der Waals surface area contributed by atoms with Crippen molar-refractivity contribution in [2.45, 2.75) is 26.3 Å². The Kier molecular flexibility index (Phi) is 4.91. The fraction of sp³-hybridized carbons (Fsp3) is 0.500. The van der Waals surface area contributed by atoms with E-state index in [-0.39, 0.29) is 17.5 Å². The first-order valence-corrected chi connectivity index (χ1v) is 5.93. The van der Waals surface area contributed by atoms with Gasteiger partial charge in [-0.2, -0.15) is 0 Å². The number of amides is 2. The van der Waals surface area contributed by atoms with E-state index in [1.165, 1.54) is 12.3 Å². The van der Waals surface area contributed by atoms with Crippen molar-refractivity contribution in [1.29, 1.82) is 0 Å². The van der Waals surface area contributed by atoms with Gasteiger partial charge in [-0.1, -0.05) is 13.8 Å². The van der Waals surface area contributed by atoms with Crippen LogP contribution in [0.15, 0.2) is 12.3 Å². The summed E-state index contributed by atoms with van der Waals surface area (Å²) in [4.78, 5) is 25.5. The van der Waals surface area contributed by atoms with Crippen molar-refractivity contribution in [2.24, 2.45) is 17.4 Å². The first kappa shape index (κ1) is 14.2. The van der Waals surface area contributed by atoms with Crippen molar-refractivity contribution in [2.75, 3.05) is 6.54 Å². The molecule has 1 aromatic rings. The molecule has 1 atom stereocenters. The lowest BCUT2D eigenvalue weighted by molar-refractivity contribution is 0.0929. The Hall–Kier alpha value is -1.82. The lowest BCUT2D eigenvalue weighted by atomic mass is 10.0. The molecular weight excluding hydrogens is 232 g/mol. The Morgan fingerprint density at radius 2 is 2.11 bits per heavy atom. The van der Waals surface area contributed by atoms with Crippen LogP contribution >= 0.6 is 0 Å². The van der Waals surface area contributed by atoms with E-state index in [4.69, 9.17) is 11.5 Å². The number of carbonyl (C=O) groups excluding carboxylic acids is 2. The van der Waals surface area contributed by atoms with Crippen LogP contribution in [0, 0.1) is 5.92 Å². The molecule has 0 saturated heterocycles. The summed E-state index contributed by atoms with van der Waals surface area (Å²) in [5, 5.41) is 2.82. The van der Waals surface area contributed by atoms with Crippen molar-refractivity contribution in [3.05, 3.63) is 23.5 Å². The van der Waals surface area contributed by atoms with Crippen LogP contribution in [-0.2, 0) is 0 Å². The normalized spacial score (nSPS) is 12.4. The van der Waals surface area contributed by atoms with Gasteiger partial charge in [-0.25, -0.2) is 0 Å². The molecule has 0 aliphatic carbocycles. The predicted molar refractivity (Wildman–Crippen MR) is 69.1 cm³/mol. The Labute approximate surface area is 106 Å². The van der Waals surface area contributed by atoms with Crippen LogP contribution in [0.1, 0.15) is 41.1 Å². The summed E-state index contributed by atoms with van der Waals surface area (Å²) < 4.78 is 0. The third-order valence-electron chi connectivity index (χ3n) is 2.59. The first-order valence-electron chi connectivity index (χ1n) is 5.93. The molecule has 0 saturated carbocycles. The zero-order chi connectivity index (χ0) is 13.7. The zero-order valence-electron chi connectivity index (χ0n) is 10.7. The predicted octanol–water partition coefficient (Wildman–Crippen LogP) is 0.217. The van der Waals surface area contributed by atoms with Gasteiger partial charge in [0.15, 0.2) is 0 Å². The molecule has 1 unspecified atom stereocenters. The Bertz CT molecular complexity index is 425. The van der Waals surface area contributed by atoms with E-state index in [0.717, 1.165) is 6.42 Å². The van der Waals surface area contributed by atoms with E-state index in [1.807, 2.05) is 0 Å². The molecule has 6 heteroatoms. The molecule has 100 valence electrons. The standard InChI is InChI=1S/C12H20N4O2/c1-7(2)3-9(5-13)16-12(18)10-4-8(6-15-10)11(14)17/h4,6-7,9,15H,3,5,13H2,1-2H3,(H2,14,17)(H,16,18). The summed E-state index contributed by atoms with van der Waals surface area (Å²) in [5.41, 5.74) is 11.3. The molecule has 0 bridgehead atoms. The van der Waals surface area contributed by atoms with Gasteiger partial charge in [-0.05, 0) is 18.4 Å². The van der Waals surface area contributed by atoms with E-state index in [1.54, 1.807) is 0 Å². The van der Waals surface area contributed by atoms with Crippen LogP contribution < -0.4 is 16.8 Å². The second kappa shape index (κ2) is 6.20. The molecule has 6 nitrogen and oxygen atoms in total. The second-order valence-corrected chi connectivity index (χ2v) is 4.70. The van der Waals surface area contributed by atoms with E-state index in [9.17, 15) is 9.59 Å². The second-order valence-electron chi connectivity index (χ2n) is 4.70. The maximum Gasteiger partial charge on any atom is 0.267 e. The fourth-order valence-electron chi connectivity index (χ4n) is 1.71. The van der Waals surface area contributed by atoms with E-state index in [2.05, 4.69) is 24.1 Å². The number of nitrogens with two attached hydrogens (primary N) is 2. The number of aromatic amines is 1. The number of primary amides is 1. The van der Waals surface area contributed by atoms with Crippen molar-refractivity contribution in [1.82, 2.24) is 10.3 Å². The zero-order valence-corrected chi connectivity index (χ0v) is 10.7. The van der Waals surface area contributed by atoms with Crippen molar-refractivity contribution in [3.8, 4) is 0 Å². The number of carbonyl (C=O) groups is 2. The molecule has 0 aliphatic heterocycles. The van der Waals surface area contributed by atoms with Crippen molar-refractivity contribution >= 4 is 11.8 Å². The van der Waals surface area contributed by atoms with Crippen LogP contribution in [0.5, 0.6) is 0 Å². The highest BCUT2D eigenvalue weighted by Gasteiger charge is 2.16. The molecule has 6 N–H and O–H groups in total. The average Bonchev–Trinajstić information content (AvgIpc) is 2.76. The summed E-state index contributed by atoms with van der Waals surface area (Å²) in [6.07, 6.45) is 2.22. The largest absolute Gasteiger partial charge is 0.366 e. The number of nitrogens with one attached hydrogen (secondary N) is 2. The van der Waals surface area contributed by atoms with Gasteiger partial charge >= 0.3 is 0 Å². The maximum atomic E-state index is 11.9. The number of H-pyrrole nitrogens is 1. The van der Waals surface area contributed by atoms with Crippen LogP contribution in [0.3, 0.4) is 0 Å². The third kappa shape index (κ3) is 3.89. The highest BCUT2D eigenvalue weighted by atomic mass is 16.2. The van der Waals surface area contributed by atoms with Crippen molar-refractivity contribution in [3.63, 3.8) is 0 Å². The summed E-state index contributed by atoms with van der Waals surface area (Å²) in [6.45, 7) is 4.51. The van der Waals surface area contributed by atoms with Gasteiger partial charge in [0.05, 0.1) is 5.56 Å². The van der Waals surface area contributed by atoms with E-state index >= 15 is 0 Å². The summed E-state index contributed by atoms with van der Waals surface area (Å²) >= 11 is 0. The maximum absolute atomic E-state index is 11.9. The van der Waals surface area contributed by atoms with Gasteiger partial charge in [-0.3, -0.25) is 9.59 Å². The summed E-state index contributed by atoms with van der Waals surface area (Å²) in [7, 11) is 0. The molecule has 1 rings (SSSR count). The minimum absolute atomic E-state index is 0.0715. The highest BCUT2D eigenvalue weighted by molar-refractivity contribution is 5.98. The smallest absolute Gasteiger partial charge is 0.267 e. The SMILES string of the molecule is CC(C)CC(CN)NC(=O)c1cc(C(N)=O)c[nH]1. The van der Waals surface area contributed by atoms with Gasteiger partial charge < -0.3 is 21.8 Å². The molecule has 1 heterocycles. The monoisotopic (exact) mass is 252 g/mol. The molecular formula is C12H20N4O2. The molecule has 0 radical (unpaired) electrons. The minimum Gasteiger partial charge on any atom is -0.366 e. The van der Waals surface area contributed by atoms with Gasteiger partial charge in [0.25, 0.3) is 5.91 Å². The van der Waals surface area contributed by atoms with Gasteiger partial charge in [0.1, 0.15) is 5.69 Å². The fourth-order valence-corrected chi connectivity index (χ4v) is 1.71. The average molecular weight is 252 g/mol. The molecule has 2 amide bonds. The highest BCUT2D eigenvalue weighted by Crippen LogP contribution is 2.06. The van der Waals surface area contributed by atoms with Crippen LogP contribution in [0.4, 0.5) is 0 Å². The van der Waals surface area contributed by atoms with Gasteiger partial charge in [0.2, 0.25) is 5.91 Å². The number of rotatable bonds is 6. The lowest BCUT2D eigenvalue weighted by Gasteiger charge is -2.18. The molecule has 0 fully saturated rings. The number of hydrogen-bond donors (Lipinski definition) is 4.